The van der Waals surface area contributed by atoms with E-state index >= 15 is 0 Å². The highest BCUT2D eigenvalue weighted by molar-refractivity contribution is 6.15. The van der Waals surface area contributed by atoms with Gasteiger partial charge in [-0.05, 0) is 0 Å². The highest BCUT2D eigenvalue weighted by Crippen LogP contribution is 2.18. The van der Waals surface area contributed by atoms with Crippen LogP contribution in [-0.4, -0.2) is 19.0 Å². The van der Waals surface area contributed by atoms with E-state index in [9.17, 15) is 0 Å². The minimum atomic E-state index is -0.393. The number of nitrogens with zero attached hydrogens (tertiary/aromatic N) is 1. The SMILES string of the molecule is C=CC1=C(N)C(OC)NN=C1c1ccccc1. The molecule has 4 nitrogen and oxygen atoms in total. The molecule has 2 rings (SSSR count). The van der Waals surface area contributed by atoms with E-state index in [2.05, 4.69) is 17.1 Å². The van der Waals surface area contributed by atoms with Gasteiger partial charge in [-0.2, -0.15) is 5.10 Å². The Morgan fingerprint density at radius 2 is 2.12 bits per heavy atom. The van der Waals surface area contributed by atoms with Gasteiger partial charge in [0.15, 0.2) is 6.23 Å². The topological polar surface area (TPSA) is 59.6 Å². The number of hydrogen-bond donors (Lipinski definition) is 2. The molecule has 3 N–H and O–H groups in total. The van der Waals surface area contributed by atoms with Crippen LogP contribution in [0.5, 0.6) is 0 Å². The molecule has 4 heteroatoms. The van der Waals surface area contributed by atoms with Crippen LogP contribution >= 0.6 is 0 Å². The van der Waals surface area contributed by atoms with E-state index in [0.717, 1.165) is 16.8 Å². The molecule has 0 aliphatic carbocycles. The molecule has 88 valence electrons. The lowest BCUT2D eigenvalue weighted by molar-refractivity contribution is 0.101. The fourth-order valence-corrected chi connectivity index (χ4v) is 1.74. The van der Waals surface area contributed by atoms with E-state index in [-0.39, 0.29) is 0 Å². The lowest BCUT2D eigenvalue weighted by atomic mass is 9.99. The first-order valence-electron chi connectivity index (χ1n) is 5.31. The third-order valence-electron chi connectivity index (χ3n) is 2.63. The molecule has 1 aromatic rings. The first-order chi connectivity index (χ1) is 8.27. The highest BCUT2D eigenvalue weighted by Gasteiger charge is 2.22. The van der Waals surface area contributed by atoms with E-state index in [1.165, 1.54) is 0 Å². The first-order valence-corrected chi connectivity index (χ1v) is 5.31. The second-order valence-corrected chi connectivity index (χ2v) is 3.64. The second kappa shape index (κ2) is 4.84. The summed E-state index contributed by atoms with van der Waals surface area (Å²) < 4.78 is 5.17. The standard InChI is InChI=1S/C13H15N3O/c1-3-10-11(14)13(17-2)16-15-12(10)9-7-5-4-6-8-9/h3-8,13,16H,1,14H2,2H3. The van der Waals surface area contributed by atoms with Crippen molar-refractivity contribution in [1.82, 2.24) is 5.43 Å². The molecule has 1 heterocycles. The van der Waals surface area contributed by atoms with Crippen molar-refractivity contribution in [3.05, 3.63) is 59.8 Å². The van der Waals surface area contributed by atoms with E-state index in [1.807, 2.05) is 30.3 Å². The predicted molar refractivity (Wildman–Crippen MR) is 68.3 cm³/mol. The summed E-state index contributed by atoms with van der Waals surface area (Å²) in [6, 6.07) is 9.82. The van der Waals surface area contributed by atoms with Gasteiger partial charge in [0.1, 0.15) is 0 Å². The van der Waals surface area contributed by atoms with Gasteiger partial charge < -0.3 is 10.5 Å². The van der Waals surface area contributed by atoms with Crippen molar-refractivity contribution in [1.29, 1.82) is 0 Å². The van der Waals surface area contributed by atoms with Crippen molar-refractivity contribution in [2.45, 2.75) is 6.23 Å². The van der Waals surface area contributed by atoms with Crippen molar-refractivity contribution >= 4 is 5.71 Å². The fourth-order valence-electron chi connectivity index (χ4n) is 1.74. The van der Waals surface area contributed by atoms with Crippen LogP contribution in [0.15, 0.2) is 59.4 Å². The molecule has 0 saturated carbocycles. The Kier molecular flexibility index (Phi) is 3.25. The summed E-state index contributed by atoms with van der Waals surface area (Å²) in [6.07, 6.45) is 1.31. The van der Waals surface area contributed by atoms with Gasteiger partial charge in [-0.25, -0.2) is 0 Å². The van der Waals surface area contributed by atoms with E-state index in [1.54, 1.807) is 13.2 Å². The normalized spacial score (nSPS) is 19.6. The molecule has 1 aliphatic rings. The Balaban J connectivity index is 2.44. The monoisotopic (exact) mass is 229 g/mol. The third kappa shape index (κ3) is 2.07. The van der Waals surface area contributed by atoms with Crippen LogP contribution in [0.25, 0.3) is 0 Å². The molecule has 0 amide bonds. The number of allylic oxidation sites excluding steroid dienone is 2. The van der Waals surface area contributed by atoms with Gasteiger partial charge in [-0.3, -0.25) is 5.43 Å². The zero-order valence-corrected chi connectivity index (χ0v) is 9.68. The average molecular weight is 229 g/mol. The lowest BCUT2D eigenvalue weighted by Crippen LogP contribution is -2.38. The summed E-state index contributed by atoms with van der Waals surface area (Å²) >= 11 is 0. The molecule has 0 radical (unpaired) electrons. The molecule has 1 aliphatic heterocycles. The van der Waals surface area contributed by atoms with Gasteiger partial charge in [0.25, 0.3) is 0 Å². The Labute approximate surface area is 100 Å². The van der Waals surface area contributed by atoms with Crippen molar-refractivity contribution in [2.75, 3.05) is 7.11 Å². The molecule has 1 atom stereocenters. The Bertz CT molecular complexity index is 477. The Morgan fingerprint density at radius 1 is 1.41 bits per heavy atom. The smallest absolute Gasteiger partial charge is 0.183 e. The molecular weight excluding hydrogens is 214 g/mol. The predicted octanol–water partition coefficient (Wildman–Crippen LogP) is 1.37. The number of hydrazone groups is 1. The van der Waals surface area contributed by atoms with Crippen LogP contribution in [-0.2, 0) is 4.74 Å². The molecule has 17 heavy (non-hydrogen) atoms. The van der Waals surface area contributed by atoms with Gasteiger partial charge in [0.05, 0.1) is 11.4 Å². The molecule has 0 bridgehead atoms. The maximum atomic E-state index is 6.01. The molecule has 0 aromatic heterocycles. The number of nitrogens with two attached hydrogens (primary N) is 1. The molecular formula is C13H15N3O. The Morgan fingerprint density at radius 3 is 2.71 bits per heavy atom. The lowest BCUT2D eigenvalue weighted by Gasteiger charge is -2.24. The molecule has 1 unspecified atom stereocenters. The summed E-state index contributed by atoms with van der Waals surface area (Å²) in [5, 5.41) is 4.29. The van der Waals surface area contributed by atoms with Crippen LogP contribution in [0.2, 0.25) is 0 Å². The van der Waals surface area contributed by atoms with Crippen LogP contribution in [0, 0.1) is 0 Å². The zero-order chi connectivity index (χ0) is 12.3. The van der Waals surface area contributed by atoms with Crippen molar-refractivity contribution in [2.24, 2.45) is 10.8 Å². The number of benzene rings is 1. The number of ether oxygens (including phenoxy) is 1. The van der Waals surface area contributed by atoms with E-state index in [4.69, 9.17) is 10.5 Å². The van der Waals surface area contributed by atoms with Crippen molar-refractivity contribution in [3.8, 4) is 0 Å². The van der Waals surface area contributed by atoms with Gasteiger partial charge in [0.2, 0.25) is 0 Å². The summed E-state index contributed by atoms with van der Waals surface area (Å²) in [5.41, 5.74) is 12.1. The molecule has 0 fully saturated rings. The maximum Gasteiger partial charge on any atom is 0.183 e. The molecule has 0 saturated heterocycles. The van der Waals surface area contributed by atoms with Crippen molar-refractivity contribution < 1.29 is 4.74 Å². The average Bonchev–Trinajstić information content (AvgIpc) is 2.39. The van der Waals surface area contributed by atoms with Crippen LogP contribution in [0.4, 0.5) is 0 Å². The van der Waals surface area contributed by atoms with Crippen molar-refractivity contribution in [3.63, 3.8) is 0 Å². The van der Waals surface area contributed by atoms with Crippen LogP contribution < -0.4 is 11.2 Å². The summed E-state index contributed by atoms with van der Waals surface area (Å²) in [6.45, 7) is 3.78. The number of hydrogen-bond acceptors (Lipinski definition) is 4. The molecule has 1 aromatic carbocycles. The largest absolute Gasteiger partial charge is 0.398 e. The first kappa shape index (κ1) is 11.4. The minimum absolute atomic E-state index is 0.393. The van der Waals surface area contributed by atoms with Crippen LogP contribution in [0.3, 0.4) is 0 Å². The highest BCUT2D eigenvalue weighted by atomic mass is 16.5. The fraction of sp³-hybridized carbons (Fsp3) is 0.154. The van der Waals surface area contributed by atoms with Gasteiger partial charge >= 0.3 is 0 Å². The number of methoxy groups -OCH3 is 1. The van der Waals surface area contributed by atoms with Gasteiger partial charge in [0, 0.05) is 18.2 Å². The number of nitrogens with one attached hydrogen (secondary N) is 1. The minimum Gasteiger partial charge on any atom is -0.398 e. The van der Waals surface area contributed by atoms with E-state index in [0.29, 0.717) is 5.70 Å². The second-order valence-electron chi connectivity index (χ2n) is 3.64. The number of rotatable bonds is 3. The van der Waals surface area contributed by atoms with Gasteiger partial charge in [-0.1, -0.05) is 43.0 Å². The van der Waals surface area contributed by atoms with E-state index < -0.39 is 6.23 Å². The van der Waals surface area contributed by atoms with Crippen LogP contribution in [0.1, 0.15) is 5.56 Å². The third-order valence-corrected chi connectivity index (χ3v) is 2.63. The summed E-state index contributed by atoms with van der Waals surface area (Å²) in [4.78, 5) is 0. The Hall–Kier alpha value is -2.07. The molecule has 0 spiro atoms. The maximum absolute atomic E-state index is 6.01. The quantitative estimate of drug-likeness (QED) is 0.823. The summed E-state index contributed by atoms with van der Waals surface area (Å²) in [5.74, 6) is 0. The zero-order valence-electron chi connectivity index (χ0n) is 9.68. The summed E-state index contributed by atoms with van der Waals surface area (Å²) in [7, 11) is 1.58. The van der Waals surface area contributed by atoms with Gasteiger partial charge in [-0.15, -0.1) is 0 Å².